The number of aromatic nitrogens is 2. The fourth-order valence-corrected chi connectivity index (χ4v) is 1.14. The molecule has 1 aromatic heterocycles. The van der Waals surface area contributed by atoms with Crippen LogP contribution in [0.3, 0.4) is 0 Å². The third-order valence-corrected chi connectivity index (χ3v) is 1.72. The van der Waals surface area contributed by atoms with Gasteiger partial charge in [0.25, 0.3) is 0 Å². The lowest BCUT2D eigenvalue weighted by molar-refractivity contribution is 0.642. The zero-order valence-electron chi connectivity index (χ0n) is 8.04. The molecule has 0 aliphatic rings. The van der Waals surface area contributed by atoms with Crippen LogP contribution in [0.2, 0.25) is 0 Å². The van der Waals surface area contributed by atoms with Crippen molar-refractivity contribution in [2.24, 2.45) is 5.92 Å². The number of hydrogen-bond acceptors (Lipinski definition) is 2. The number of rotatable bonds is 3. The first-order chi connectivity index (χ1) is 5.72. The molecule has 0 radical (unpaired) electrons. The molecule has 0 fully saturated rings. The Kier molecular flexibility index (Phi) is 3.20. The standard InChI is InChI=1S/C10H16N2/c1-4-10-11-6-9(7-12-10)5-8(2)3/h6-8H,4-5H2,1-3H3. The predicted molar refractivity (Wildman–Crippen MR) is 50.0 cm³/mol. The molecule has 0 aliphatic carbocycles. The molecule has 0 bridgehead atoms. The number of nitrogens with zero attached hydrogens (tertiary/aromatic N) is 2. The molecular weight excluding hydrogens is 148 g/mol. The van der Waals surface area contributed by atoms with Crippen LogP contribution < -0.4 is 0 Å². The molecule has 0 spiro atoms. The summed E-state index contributed by atoms with van der Waals surface area (Å²) in [5.41, 5.74) is 1.24. The lowest BCUT2D eigenvalue weighted by atomic mass is 10.1. The Morgan fingerprint density at radius 1 is 1.25 bits per heavy atom. The van der Waals surface area contributed by atoms with Gasteiger partial charge in [-0.15, -0.1) is 0 Å². The Bertz CT molecular complexity index is 226. The van der Waals surface area contributed by atoms with E-state index in [9.17, 15) is 0 Å². The van der Waals surface area contributed by atoms with Gasteiger partial charge < -0.3 is 0 Å². The van der Waals surface area contributed by atoms with E-state index in [0.717, 1.165) is 18.7 Å². The summed E-state index contributed by atoms with van der Waals surface area (Å²) in [4.78, 5) is 8.48. The van der Waals surface area contributed by atoms with Crippen LogP contribution in [0.1, 0.15) is 32.2 Å². The van der Waals surface area contributed by atoms with Crippen molar-refractivity contribution in [1.29, 1.82) is 0 Å². The number of hydrogen-bond donors (Lipinski definition) is 0. The minimum Gasteiger partial charge on any atom is -0.241 e. The Balaban J connectivity index is 2.65. The van der Waals surface area contributed by atoms with Crippen LogP contribution in [0.15, 0.2) is 12.4 Å². The van der Waals surface area contributed by atoms with Crippen molar-refractivity contribution in [2.75, 3.05) is 0 Å². The first kappa shape index (κ1) is 9.17. The zero-order valence-corrected chi connectivity index (χ0v) is 8.04. The van der Waals surface area contributed by atoms with Gasteiger partial charge in [0.15, 0.2) is 0 Å². The third kappa shape index (κ3) is 2.61. The number of aryl methyl sites for hydroxylation is 1. The molecule has 0 saturated carbocycles. The maximum Gasteiger partial charge on any atom is 0.127 e. The van der Waals surface area contributed by atoms with Crippen LogP contribution in [-0.2, 0) is 12.8 Å². The summed E-state index contributed by atoms with van der Waals surface area (Å²) in [7, 11) is 0. The van der Waals surface area contributed by atoms with E-state index >= 15 is 0 Å². The van der Waals surface area contributed by atoms with E-state index < -0.39 is 0 Å². The molecule has 66 valence electrons. The minimum atomic E-state index is 0.682. The van der Waals surface area contributed by atoms with E-state index in [2.05, 4.69) is 30.7 Å². The molecular formula is C10H16N2. The van der Waals surface area contributed by atoms with Gasteiger partial charge in [-0.05, 0) is 17.9 Å². The Labute approximate surface area is 74.1 Å². The Morgan fingerprint density at radius 3 is 2.25 bits per heavy atom. The highest BCUT2D eigenvalue weighted by Crippen LogP contribution is 2.05. The average molecular weight is 164 g/mol. The van der Waals surface area contributed by atoms with E-state index in [1.165, 1.54) is 5.56 Å². The second-order valence-electron chi connectivity index (χ2n) is 3.46. The molecule has 2 heteroatoms. The minimum absolute atomic E-state index is 0.682. The first-order valence-electron chi connectivity index (χ1n) is 4.52. The third-order valence-electron chi connectivity index (χ3n) is 1.72. The summed E-state index contributed by atoms with van der Waals surface area (Å²) in [5.74, 6) is 1.61. The molecule has 0 N–H and O–H groups in total. The smallest absolute Gasteiger partial charge is 0.127 e. The monoisotopic (exact) mass is 164 g/mol. The fraction of sp³-hybridized carbons (Fsp3) is 0.600. The fourth-order valence-electron chi connectivity index (χ4n) is 1.14. The van der Waals surface area contributed by atoms with Crippen LogP contribution >= 0.6 is 0 Å². The topological polar surface area (TPSA) is 25.8 Å². The summed E-state index contributed by atoms with van der Waals surface area (Å²) in [5, 5.41) is 0. The van der Waals surface area contributed by atoms with Crippen molar-refractivity contribution < 1.29 is 0 Å². The predicted octanol–water partition coefficient (Wildman–Crippen LogP) is 2.24. The largest absolute Gasteiger partial charge is 0.241 e. The van der Waals surface area contributed by atoms with Crippen LogP contribution in [0.4, 0.5) is 0 Å². The normalized spacial score (nSPS) is 10.7. The molecule has 1 heterocycles. The van der Waals surface area contributed by atoms with Gasteiger partial charge in [0.2, 0.25) is 0 Å². The van der Waals surface area contributed by atoms with Crippen LogP contribution in [-0.4, -0.2) is 9.97 Å². The maximum atomic E-state index is 4.24. The summed E-state index contributed by atoms with van der Waals surface area (Å²) in [6, 6.07) is 0. The second kappa shape index (κ2) is 4.19. The van der Waals surface area contributed by atoms with Crippen LogP contribution in [0.25, 0.3) is 0 Å². The summed E-state index contributed by atoms with van der Waals surface area (Å²) in [6.07, 6.45) is 5.86. The van der Waals surface area contributed by atoms with Crippen molar-refractivity contribution in [3.63, 3.8) is 0 Å². The molecule has 0 saturated heterocycles. The van der Waals surface area contributed by atoms with Gasteiger partial charge >= 0.3 is 0 Å². The molecule has 1 rings (SSSR count). The average Bonchev–Trinajstić information content (AvgIpc) is 2.05. The molecule has 0 aromatic carbocycles. The lowest BCUT2D eigenvalue weighted by Crippen LogP contribution is -1.98. The Hall–Kier alpha value is -0.920. The molecule has 0 unspecified atom stereocenters. The second-order valence-corrected chi connectivity index (χ2v) is 3.46. The highest BCUT2D eigenvalue weighted by molar-refractivity contribution is 5.05. The summed E-state index contributed by atoms with van der Waals surface area (Å²) < 4.78 is 0. The summed E-state index contributed by atoms with van der Waals surface area (Å²) >= 11 is 0. The molecule has 1 aromatic rings. The molecule has 12 heavy (non-hydrogen) atoms. The van der Waals surface area contributed by atoms with E-state index in [-0.39, 0.29) is 0 Å². The van der Waals surface area contributed by atoms with E-state index in [4.69, 9.17) is 0 Å². The quantitative estimate of drug-likeness (QED) is 0.684. The highest BCUT2D eigenvalue weighted by Gasteiger charge is 1.98. The summed E-state index contributed by atoms with van der Waals surface area (Å²) in [6.45, 7) is 6.47. The van der Waals surface area contributed by atoms with Crippen molar-refractivity contribution in [1.82, 2.24) is 9.97 Å². The molecule has 0 atom stereocenters. The van der Waals surface area contributed by atoms with E-state index in [0.29, 0.717) is 5.92 Å². The van der Waals surface area contributed by atoms with Crippen molar-refractivity contribution in [3.05, 3.63) is 23.8 Å². The van der Waals surface area contributed by atoms with Crippen molar-refractivity contribution in [2.45, 2.75) is 33.6 Å². The molecule has 0 aliphatic heterocycles. The van der Waals surface area contributed by atoms with E-state index in [1.54, 1.807) is 0 Å². The highest BCUT2D eigenvalue weighted by atomic mass is 14.9. The van der Waals surface area contributed by atoms with Crippen molar-refractivity contribution >= 4 is 0 Å². The van der Waals surface area contributed by atoms with Crippen LogP contribution in [0, 0.1) is 5.92 Å². The SMILES string of the molecule is CCc1ncc(CC(C)C)cn1. The van der Waals surface area contributed by atoms with Crippen molar-refractivity contribution in [3.8, 4) is 0 Å². The first-order valence-corrected chi connectivity index (χ1v) is 4.52. The van der Waals surface area contributed by atoms with Gasteiger partial charge in [-0.3, -0.25) is 0 Å². The maximum absolute atomic E-state index is 4.24. The van der Waals surface area contributed by atoms with Gasteiger partial charge in [-0.2, -0.15) is 0 Å². The lowest BCUT2D eigenvalue weighted by Gasteiger charge is -2.03. The van der Waals surface area contributed by atoms with Gasteiger partial charge in [0.05, 0.1) is 0 Å². The van der Waals surface area contributed by atoms with Gasteiger partial charge in [0, 0.05) is 18.8 Å². The Morgan fingerprint density at radius 2 is 1.83 bits per heavy atom. The van der Waals surface area contributed by atoms with E-state index in [1.807, 2.05) is 12.4 Å². The zero-order chi connectivity index (χ0) is 8.97. The van der Waals surface area contributed by atoms with Crippen LogP contribution in [0.5, 0.6) is 0 Å². The van der Waals surface area contributed by atoms with Gasteiger partial charge in [-0.1, -0.05) is 20.8 Å². The van der Waals surface area contributed by atoms with Gasteiger partial charge in [-0.25, -0.2) is 9.97 Å². The molecule has 0 amide bonds. The van der Waals surface area contributed by atoms with Gasteiger partial charge in [0.1, 0.15) is 5.82 Å². The molecule has 2 nitrogen and oxygen atoms in total.